The van der Waals surface area contributed by atoms with Crippen LogP contribution in [0.15, 0.2) is 0 Å². The van der Waals surface area contributed by atoms with Gasteiger partial charge in [-0.1, -0.05) is 0 Å². The van der Waals surface area contributed by atoms with Gasteiger partial charge in [0, 0.05) is 0 Å². The van der Waals surface area contributed by atoms with Crippen molar-refractivity contribution in [2.75, 3.05) is 0 Å². The average molecular weight is 292 g/mol. The van der Waals surface area contributed by atoms with E-state index in [4.69, 9.17) is 8.56 Å². The normalized spacial score (nSPS) is 12.5. The van der Waals surface area contributed by atoms with Gasteiger partial charge in [0.1, 0.15) is 0 Å². The zero-order valence-corrected chi connectivity index (χ0v) is 12.8. The van der Waals surface area contributed by atoms with Gasteiger partial charge in [0.2, 0.25) is 0 Å². The van der Waals surface area contributed by atoms with Crippen LogP contribution in [0.3, 0.4) is 0 Å². The van der Waals surface area contributed by atoms with Crippen molar-refractivity contribution in [3.63, 3.8) is 0 Å². The van der Waals surface area contributed by atoms with Crippen molar-refractivity contribution >= 4 is 22.7 Å². The molecule has 0 N–H and O–H groups in total. The van der Waals surface area contributed by atoms with Crippen LogP contribution in [-0.2, 0) is 8.56 Å². The van der Waals surface area contributed by atoms with E-state index in [9.17, 15) is 0 Å². The predicted molar refractivity (Wildman–Crippen MR) is 54.4 cm³/mol. The molecular formula is C9H21InO3-. The van der Waals surface area contributed by atoms with Crippen LogP contribution in [-0.4, -0.2) is 41.1 Å². The summed E-state index contributed by atoms with van der Waals surface area (Å²) >= 11 is -2.61. The van der Waals surface area contributed by atoms with E-state index in [0.717, 1.165) is 0 Å². The monoisotopic (exact) mass is 292 g/mol. The van der Waals surface area contributed by atoms with Gasteiger partial charge in [-0.15, -0.1) is 0 Å². The molecule has 0 aromatic rings. The van der Waals surface area contributed by atoms with Gasteiger partial charge in [-0.25, -0.2) is 0 Å². The van der Waals surface area contributed by atoms with E-state index in [2.05, 4.69) is 0 Å². The van der Waals surface area contributed by atoms with E-state index in [-0.39, 0.29) is 18.3 Å². The Balaban J connectivity index is 3.87. The van der Waals surface area contributed by atoms with Gasteiger partial charge in [-0.05, 0) is 0 Å². The first-order chi connectivity index (χ1) is 5.91. The van der Waals surface area contributed by atoms with Crippen molar-refractivity contribution in [1.82, 2.24) is 0 Å². The minimum absolute atomic E-state index is 0.207. The Morgan fingerprint density at radius 3 is 1.00 bits per heavy atom. The molecule has 0 unspecified atom stereocenters. The molecule has 0 saturated carbocycles. The van der Waals surface area contributed by atoms with Crippen LogP contribution in [0.5, 0.6) is 0 Å². The summed E-state index contributed by atoms with van der Waals surface area (Å²) in [5, 5.41) is 0. The molecule has 79 valence electrons. The zero-order chi connectivity index (χ0) is 10.4. The Hall–Kier alpha value is 0.750. The van der Waals surface area contributed by atoms with Crippen LogP contribution in [0.2, 0.25) is 0 Å². The van der Waals surface area contributed by atoms with E-state index in [1.54, 1.807) is 0 Å². The maximum atomic E-state index is 5.64. The first kappa shape index (κ1) is 13.8. The Morgan fingerprint density at radius 2 is 0.846 bits per heavy atom. The van der Waals surface area contributed by atoms with Gasteiger partial charge in [0.25, 0.3) is 0 Å². The topological polar surface area (TPSA) is 27.7 Å². The molecule has 3 nitrogen and oxygen atoms in total. The third-order valence-electron chi connectivity index (χ3n) is 1.15. The molecule has 0 aliphatic heterocycles. The Labute approximate surface area is 91.1 Å². The molecule has 0 saturated heterocycles. The molecule has 0 aromatic heterocycles. The maximum absolute atomic E-state index is 5.64. The standard InChI is InChI=1S/3C3H7O.In/c3*1-3(2)4;/h3*3H,1-2H3;/q3*-1;+2. The second kappa shape index (κ2) is 7.10. The number of rotatable bonds is 6. The number of hydrogen-bond acceptors (Lipinski definition) is 3. The minimum atomic E-state index is -2.61. The summed E-state index contributed by atoms with van der Waals surface area (Å²) in [6.45, 7) is 12.1. The molecule has 0 heterocycles. The first-order valence-electron chi connectivity index (χ1n) is 4.88. The third kappa shape index (κ3) is 9.06. The van der Waals surface area contributed by atoms with Crippen molar-refractivity contribution < 1.29 is 8.56 Å². The van der Waals surface area contributed by atoms with Crippen LogP contribution in [0.4, 0.5) is 0 Å². The fraction of sp³-hybridized carbons (Fsp3) is 1.00. The fourth-order valence-corrected chi connectivity index (χ4v) is 5.12. The van der Waals surface area contributed by atoms with Crippen LogP contribution < -0.4 is 0 Å². The van der Waals surface area contributed by atoms with Gasteiger partial charge in [0.15, 0.2) is 0 Å². The van der Waals surface area contributed by atoms with Gasteiger partial charge < -0.3 is 0 Å². The fourth-order valence-electron chi connectivity index (χ4n) is 0.763. The van der Waals surface area contributed by atoms with Crippen molar-refractivity contribution in [2.45, 2.75) is 59.9 Å². The summed E-state index contributed by atoms with van der Waals surface area (Å²) < 4.78 is 16.9. The quantitative estimate of drug-likeness (QED) is 0.751. The van der Waals surface area contributed by atoms with Crippen molar-refractivity contribution in [3.8, 4) is 0 Å². The van der Waals surface area contributed by atoms with E-state index in [0.29, 0.717) is 0 Å². The summed E-state index contributed by atoms with van der Waals surface area (Å²) in [5.74, 6) is 0. The summed E-state index contributed by atoms with van der Waals surface area (Å²) in [6.07, 6.45) is 0.620. The van der Waals surface area contributed by atoms with E-state index in [1.807, 2.05) is 41.5 Å². The summed E-state index contributed by atoms with van der Waals surface area (Å²) in [6, 6.07) is 0. The van der Waals surface area contributed by atoms with Gasteiger partial charge in [0.05, 0.1) is 0 Å². The molecule has 0 aliphatic rings. The molecule has 0 amide bonds. The first-order valence-corrected chi connectivity index (χ1v) is 8.91. The van der Waals surface area contributed by atoms with Crippen molar-refractivity contribution in [1.29, 1.82) is 0 Å². The Morgan fingerprint density at radius 1 is 0.615 bits per heavy atom. The predicted octanol–water partition coefficient (Wildman–Crippen LogP) is 2.25. The Bertz CT molecular complexity index is 102. The summed E-state index contributed by atoms with van der Waals surface area (Å²) in [5.41, 5.74) is 0. The van der Waals surface area contributed by atoms with Gasteiger partial charge >= 0.3 is 91.2 Å². The molecule has 0 bridgehead atoms. The van der Waals surface area contributed by atoms with Crippen LogP contribution in [0.1, 0.15) is 41.5 Å². The summed E-state index contributed by atoms with van der Waals surface area (Å²) in [4.78, 5) is 0. The van der Waals surface area contributed by atoms with Crippen LogP contribution in [0, 0.1) is 0 Å². The average Bonchev–Trinajstić information content (AvgIpc) is 1.80. The van der Waals surface area contributed by atoms with Crippen LogP contribution >= 0.6 is 0 Å². The molecule has 0 spiro atoms. The van der Waals surface area contributed by atoms with E-state index in [1.165, 1.54) is 0 Å². The molecule has 1 radical (unpaired) electrons. The van der Waals surface area contributed by atoms with Crippen LogP contribution in [0.25, 0.3) is 0 Å². The van der Waals surface area contributed by atoms with E-state index >= 15 is 0 Å². The number of hydrogen-bond donors (Lipinski definition) is 0. The molecular weight excluding hydrogens is 271 g/mol. The second-order valence-electron chi connectivity index (χ2n) is 3.84. The molecule has 13 heavy (non-hydrogen) atoms. The van der Waals surface area contributed by atoms with E-state index < -0.39 is 22.7 Å². The van der Waals surface area contributed by atoms with Gasteiger partial charge in [-0.2, -0.15) is 0 Å². The molecule has 0 aliphatic carbocycles. The molecule has 0 fully saturated rings. The molecule has 4 heteroatoms. The molecule has 0 aromatic carbocycles. The van der Waals surface area contributed by atoms with Crippen molar-refractivity contribution in [3.05, 3.63) is 0 Å². The summed E-state index contributed by atoms with van der Waals surface area (Å²) in [7, 11) is 0. The second-order valence-corrected chi connectivity index (χ2v) is 7.82. The molecule has 0 atom stereocenters. The zero-order valence-electron chi connectivity index (χ0n) is 9.53. The molecule has 0 rings (SSSR count). The van der Waals surface area contributed by atoms with Crippen molar-refractivity contribution in [2.24, 2.45) is 0 Å². The Kier molecular flexibility index (Phi) is 7.51. The third-order valence-corrected chi connectivity index (χ3v) is 7.71. The van der Waals surface area contributed by atoms with Gasteiger partial charge in [-0.3, -0.25) is 0 Å². The SMILES string of the molecule is CC(C)[O][In-]([O]C(C)C)[O]C(C)C.